The summed E-state index contributed by atoms with van der Waals surface area (Å²) < 4.78 is 6.33. The topological polar surface area (TPSA) is 38.3 Å². The van der Waals surface area contributed by atoms with Gasteiger partial charge in [-0.05, 0) is 80.1 Å². The van der Waals surface area contributed by atoms with E-state index in [9.17, 15) is 4.79 Å². The quantitative estimate of drug-likeness (QED) is 0.774. The molecule has 0 saturated heterocycles. The number of carbonyl (C=O) groups is 1. The fourth-order valence-corrected chi connectivity index (χ4v) is 5.75. The molecule has 4 aliphatic rings. The Morgan fingerprint density at radius 3 is 2.46 bits per heavy atom. The molecule has 4 bridgehead atoms. The lowest BCUT2D eigenvalue weighted by Crippen LogP contribution is -2.55. The molecule has 4 heteroatoms. The number of halogens is 1. The summed E-state index contributed by atoms with van der Waals surface area (Å²) in [4.78, 5) is 12.4. The first-order valence-corrected chi connectivity index (χ1v) is 9.74. The minimum Gasteiger partial charge on any atom is -0.496 e. The van der Waals surface area contributed by atoms with Gasteiger partial charge in [0.25, 0.3) is 0 Å². The van der Waals surface area contributed by atoms with Crippen molar-refractivity contribution in [3.05, 3.63) is 34.3 Å². The lowest BCUT2D eigenvalue weighted by molar-refractivity contribution is -0.120. The van der Waals surface area contributed by atoms with Crippen molar-refractivity contribution < 1.29 is 9.53 Å². The van der Waals surface area contributed by atoms with Crippen LogP contribution in [-0.2, 0) is 4.79 Å². The molecule has 0 aromatic heterocycles. The van der Waals surface area contributed by atoms with Crippen LogP contribution in [0, 0.1) is 23.7 Å². The third-order valence-electron chi connectivity index (χ3n) is 6.14. The van der Waals surface area contributed by atoms with E-state index in [-0.39, 0.29) is 5.91 Å². The minimum absolute atomic E-state index is 0.0227. The molecule has 0 atom stereocenters. The van der Waals surface area contributed by atoms with Crippen LogP contribution in [0.3, 0.4) is 0 Å². The Kier molecular flexibility index (Phi) is 4.42. The zero-order valence-electron chi connectivity index (χ0n) is 14.0. The van der Waals surface area contributed by atoms with Crippen LogP contribution in [0.1, 0.15) is 37.7 Å². The molecule has 128 valence electrons. The van der Waals surface area contributed by atoms with E-state index in [1.807, 2.05) is 24.3 Å². The summed E-state index contributed by atoms with van der Waals surface area (Å²) in [6, 6.07) is 6.19. The average molecular weight is 390 g/mol. The van der Waals surface area contributed by atoms with Gasteiger partial charge >= 0.3 is 0 Å². The van der Waals surface area contributed by atoms with Gasteiger partial charge in [-0.3, -0.25) is 4.79 Å². The Morgan fingerprint density at radius 1 is 1.17 bits per heavy atom. The van der Waals surface area contributed by atoms with Crippen molar-refractivity contribution in [3.63, 3.8) is 0 Å². The molecule has 24 heavy (non-hydrogen) atoms. The molecule has 1 aromatic rings. The molecule has 3 nitrogen and oxygen atoms in total. The van der Waals surface area contributed by atoms with Crippen molar-refractivity contribution >= 4 is 27.9 Å². The van der Waals surface area contributed by atoms with Gasteiger partial charge in [-0.1, -0.05) is 15.9 Å². The van der Waals surface area contributed by atoms with Crippen molar-refractivity contribution in [1.29, 1.82) is 0 Å². The van der Waals surface area contributed by atoms with Crippen molar-refractivity contribution in [2.45, 2.75) is 38.1 Å². The van der Waals surface area contributed by atoms with Crippen LogP contribution in [0.15, 0.2) is 28.7 Å². The molecule has 1 aromatic carbocycles. The summed E-state index contributed by atoms with van der Waals surface area (Å²) >= 11 is 3.46. The number of carbonyl (C=O) groups excluding carboxylic acids is 1. The first kappa shape index (κ1) is 16.2. The Labute approximate surface area is 152 Å². The molecule has 1 N–H and O–H groups in total. The molecule has 0 aliphatic heterocycles. The summed E-state index contributed by atoms with van der Waals surface area (Å²) in [5.74, 6) is 4.08. The van der Waals surface area contributed by atoms with Gasteiger partial charge < -0.3 is 10.1 Å². The van der Waals surface area contributed by atoms with Crippen molar-refractivity contribution in [2.24, 2.45) is 23.7 Å². The van der Waals surface area contributed by atoms with Crippen molar-refractivity contribution in [2.75, 3.05) is 7.11 Å². The average Bonchev–Trinajstić information content (AvgIpc) is 2.56. The van der Waals surface area contributed by atoms with E-state index in [0.717, 1.165) is 27.6 Å². The van der Waals surface area contributed by atoms with E-state index >= 15 is 0 Å². The largest absolute Gasteiger partial charge is 0.496 e. The highest BCUT2D eigenvalue weighted by Gasteiger charge is 2.48. The second-order valence-electron chi connectivity index (χ2n) is 7.68. The lowest BCUT2D eigenvalue weighted by atomic mass is 9.54. The zero-order chi connectivity index (χ0) is 16.7. The van der Waals surface area contributed by atoms with Gasteiger partial charge in [0.2, 0.25) is 5.91 Å². The van der Waals surface area contributed by atoms with Gasteiger partial charge in [-0.15, -0.1) is 0 Å². The number of rotatable bonds is 4. The Balaban J connectivity index is 1.43. The van der Waals surface area contributed by atoms with E-state index < -0.39 is 0 Å². The van der Waals surface area contributed by atoms with Crippen LogP contribution in [-0.4, -0.2) is 19.1 Å². The normalized spacial score (nSPS) is 33.8. The van der Waals surface area contributed by atoms with Crippen LogP contribution >= 0.6 is 15.9 Å². The second kappa shape index (κ2) is 6.55. The smallest absolute Gasteiger partial charge is 0.244 e. The summed E-state index contributed by atoms with van der Waals surface area (Å²) in [6.07, 6.45) is 10.2. The maximum absolute atomic E-state index is 12.4. The van der Waals surface area contributed by atoms with Gasteiger partial charge in [0.1, 0.15) is 5.75 Å². The highest BCUT2D eigenvalue weighted by Crippen LogP contribution is 2.53. The summed E-state index contributed by atoms with van der Waals surface area (Å²) in [5, 5.41) is 3.31. The molecular formula is C20H24BrNO2. The highest BCUT2D eigenvalue weighted by molar-refractivity contribution is 9.10. The fourth-order valence-electron chi connectivity index (χ4n) is 5.37. The summed E-state index contributed by atoms with van der Waals surface area (Å²) in [5.41, 5.74) is 0.909. The van der Waals surface area contributed by atoms with Gasteiger partial charge in [-0.2, -0.15) is 0 Å². The predicted molar refractivity (Wildman–Crippen MR) is 98.7 cm³/mol. The first-order chi connectivity index (χ1) is 11.6. The first-order valence-electron chi connectivity index (χ1n) is 8.94. The van der Waals surface area contributed by atoms with Crippen molar-refractivity contribution in [3.8, 4) is 5.75 Å². The van der Waals surface area contributed by atoms with Crippen LogP contribution in [0.4, 0.5) is 0 Å². The molecule has 0 radical (unpaired) electrons. The number of nitrogens with one attached hydrogen (secondary N) is 1. The number of amides is 1. The number of methoxy groups -OCH3 is 1. The summed E-state index contributed by atoms with van der Waals surface area (Å²) in [6.45, 7) is 0. The Bertz CT molecular complexity index is 642. The van der Waals surface area contributed by atoms with Gasteiger partial charge in [0.05, 0.1) is 7.11 Å². The number of ether oxygens (including phenoxy) is 1. The molecule has 4 fully saturated rings. The van der Waals surface area contributed by atoms with E-state index in [0.29, 0.717) is 17.9 Å². The van der Waals surface area contributed by atoms with E-state index in [1.54, 1.807) is 13.2 Å². The standard InChI is InChI=1S/C20H24BrNO2/c1-24-18-4-3-17(21)11-14(18)2-5-19(23)22-20-15-7-12-6-13(9-15)10-16(20)8-12/h2-5,11-13,15-16,20H,6-10H2,1H3,(H,22,23)/b5-2+. The van der Waals surface area contributed by atoms with Crippen LogP contribution in [0.5, 0.6) is 5.75 Å². The second-order valence-corrected chi connectivity index (χ2v) is 8.60. The van der Waals surface area contributed by atoms with Gasteiger partial charge in [0, 0.05) is 22.2 Å². The Hall–Kier alpha value is -1.29. The SMILES string of the molecule is COc1ccc(Br)cc1/C=C/C(=O)NC1C2CC3CC(C2)CC1C3. The maximum atomic E-state index is 12.4. The molecule has 0 spiro atoms. The molecule has 1 amide bonds. The molecular weight excluding hydrogens is 366 g/mol. The van der Waals surface area contributed by atoms with Crippen LogP contribution in [0.25, 0.3) is 6.08 Å². The van der Waals surface area contributed by atoms with E-state index in [2.05, 4.69) is 21.2 Å². The van der Waals surface area contributed by atoms with Gasteiger partial charge in [0.15, 0.2) is 0 Å². The number of hydrogen-bond donors (Lipinski definition) is 1. The molecule has 0 unspecified atom stereocenters. The third-order valence-corrected chi connectivity index (χ3v) is 6.63. The molecule has 4 aliphatic carbocycles. The zero-order valence-corrected chi connectivity index (χ0v) is 15.6. The highest BCUT2D eigenvalue weighted by atomic mass is 79.9. The minimum atomic E-state index is 0.0227. The van der Waals surface area contributed by atoms with Gasteiger partial charge in [-0.25, -0.2) is 0 Å². The maximum Gasteiger partial charge on any atom is 0.244 e. The Morgan fingerprint density at radius 2 is 1.83 bits per heavy atom. The van der Waals surface area contributed by atoms with Crippen LogP contribution in [0.2, 0.25) is 0 Å². The number of hydrogen-bond acceptors (Lipinski definition) is 2. The third kappa shape index (κ3) is 3.13. The molecule has 4 saturated carbocycles. The molecule has 0 heterocycles. The monoisotopic (exact) mass is 389 g/mol. The van der Waals surface area contributed by atoms with Crippen LogP contribution < -0.4 is 10.1 Å². The van der Waals surface area contributed by atoms with Crippen molar-refractivity contribution in [1.82, 2.24) is 5.32 Å². The van der Waals surface area contributed by atoms with E-state index in [4.69, 9.17) is 4.74 Å². The summed E-state index contributed by atoms with van der Waals surface area (Å²) in [7, 11) is 1.65. The predicted octanol–water partition coefficient (Wildman–Crippen LogP) is 4.41. The fraction of sp³-hybridized carbons (Fsp3) is 0.550. The van der Waals surface area contributed by atoms with E-state index in [1.165, 1.54) is 32.1 Å². The number of benzene rings is 1. The lowest BCUT2D eigenvalue weighted by Gasteiger charge is -2.54. The molecule has 5 rings (SSSR count).